The Morgan fingerprint density at radius 2 is 1.89 bits per heavy atom. The summed E-state index contributed by atoms with van der Waals surface area (Å²) in [5.41, 5.74) is 0. The Kier molecular flexibility index (Phi) is 6.40. The van der Waals surface area contributed by atoms with E-state index in [1.807, 2.05) is 24.3 Å². The lowest BCUT2D eigenvalue weighted by Crippen LogP contribution is -2.38. The molecule has 0 amide bonds. The molecule has 0 heterocycles. The molecular weight excluding hydrogens is 353 g/mol. The number of hydrogen-bond acceptors (Lipinski definition) is 3. The molecule has 1 saturated carbocycles. The molecule has 2 N–H and O–H groups in total. The van der Waals surface area contributed by atoms with Crippen molar-refractivity contribution in [3.05, 3.63) is 27.8 Å². The molecule has 4 heteroatoms. The minimum Gasteiger partial charge on any atom is -0.491 e. The monoisotopic (exact) mass is 375 g/mol. The molecular formula is C15H22INO2. The molecule has 1 atom stereocenters. The van der Waals surface area contributed by atoms with E-state index < -0.39 is 6.10 Å². The Balaban J connectivity index is 1.63. The van der Waals surface area contributed by atoms with Gasteiger partial charge in [0.2, 0.25) is 0 Å². The van der Waals surface area contributed by atoms with E-state index >= 15 is 0 Å². The van der Waals surface area contributed by atoms with Crippen LogP contribution in [0.4, 0.5) is 0 Å². The van der Waals surface area contributed by atoms with Crippen molar-refractivity contribution in [3.63, 3.8) is 0 Å². The third-order valence-electron chi connectivity index (χ3n) is 3.50. The molecule has 0 bridgehead atoms. The first-order valence-corrected chi connectivity index (χ1v) is 8.12. The van der Waals surface area contributed by atoms with Crippen LogP contribution in [0.3, 0.4) is 0 Å². The van der Waals surface area contributed by atoms with Crippen LogP contribution in [0.2, 0.25) is 0 Å². The summed E-state index contributed by atoms with van der Waals surface area (Å²) in [5.74, 6) is 0.817. The van der Waals surface area contributed by atoms with Crippen LogP contribution in [0.15, 0.2) is 24.3 Å². The second-order valence-electron chi connectivity index (χ2n) is 5.16. The quantitative estimate of drug-likeness (QED) is 0.752. The van der Waals surface area contributed by atoms with Gasteiger partial charge in [-0.25, -0.2) is 0 Å². The molecule has 1 unspecified atom stereocenters. The summed E-state index contributed by atoms with van der Waals surface area (Å²) in [6.07, 6.45) is 6.02. The van der Waals surface area contributed by atoms with E-state index in [-0.39, 0.29) is 0 Å². The maximum atomic E-state index is 9.91. The van der Waals surface area contributed by atoms with Gasteiger partial charge in [0.05, 0.1) is 0 Å². The number of halogens is 1. The van der Waals surface area contributed by atoms with Crippen LogP contribution in [-0.4, -0.2) is 30.4 Å². The average molecular weight is 375 g/mol. The van der Waals surface area contributed by atoms with E-state index in [1.54, 1.807) is 0 Å². The van der Waals surface area contributed by atoms with Crippen molar-refractivity contribution in [2.75, 3.05) is 13.2 Å². The highest BCUT2D eigenvalue weighted by molar-refractivity contribution is 14.1. The molecule has 19 heavy (non-hydrogen) atoms. The van der Waals surface area contributed by atoms with Crippen LogP contribution in [0.1, 0.15) is 32.1 Å². The Morgan fingerprint density at radius 1 is 1.21 bits per heavy atom. The Bertz CT molecular complexity index is 363. The van der Waals surface area contributed by atoms with Gasteiger partial charge in [-0.15, -0.1) is 0 Å². The zero-order chi connectivity index (χ0) is 13.5. The van der Waals surface area contributed by atoms with E-state index in [0.29, 0.717) is 19.2 Å². The first-order chi connectivity index (χ1) is 9.24. The van der Waals surface area contributed by atoms with Crippen molar-refractivity contribution in [2.45, 2.75) is 44.2 Å². The summed E-state index contributed by atoms with van der Waals surface area (Å²) >= 11 is 2.26. The van der Waals surface area contributed by atoms with E-state index in [2.05, 4.69) is 27.9 Å². The predicted molar refractivity (Wildman–Crippen MR) is 85.5 cm³/mol. The predicted octanol–water partition coefficient (Wildman–Crippen LogP) is 2.95. The Morgan fingerprint density at radius 3 is 2.58 bits per heavy atom. The normalized spacial score (nSPS) is 18.2. The topological polar surface area (TPSA) is 41.5 Å². The van der Waals surface area contributed by atoms with Crippen molar-refractivity contribution in [1.82, 2.24) is 5.32 Å². The summed E-state index contributed by atoms with van der Waals surface area (Å²) in [5, 5.41) is 13.3. The first-order valence-electron chi connectivity index (χ1n) is 7.04. The number of hydrogen-bond donors (Lipinski definition) is 2. The molecule has 3 nitrogen and oxygen atoms in total. The van der Waals surface area contributed by atoms with Crippen molar-refractivity contribution < 1.29 is 9.84 Å². The standard InChI is InChI=1S/C15H22INO2/c16-12-6-8-15(9-7-12)19-11-14(18)10-17-13-4-2-1-3-5-13/h6-9,13-14,17-18H,1-5,10-11H2. The summed E-state index contributed by atoms with van der Waals surface area (Å²) in [6, 6.07) is 8.46. The molecule has 106 valence electrons. The van der Waals surface area contributed by atoms with Crippen molar-refractivity contribution in [1.29, 1.82) is 0 Å². The van der Waals surface area contributed by atoms with Gasteiger partial charge < -0.3 is 15.2 Å². The first kappa shape index (κ1) is 15.1. The Labute approximate surface area is 128 Å². The maximum Gasteiger partial charge on any atom is 0.119 e. The number of nitrogens with one attached hydrogen (secondary N) is 1. The molecule has 1 aliphatic rings. The molecule has 0 radical (unpaired) electrons. The highest BCUT2D eigenvalue weighted by Gasteiger charge is 2.14. The van der Waals surface area contributed by atoms with Gasteiger partial charge >= 0.3 is 0 Å². The molecule has 0 aromatic heterocycles. The fourth-order valence-electron chi connectivity index (χ4n) is 2.39. The van der Waals surface area contributed by atoms with Crippen LogP contribution in [0.25, 0.3) is 0 Å². The number of rotatable bonds is 6. The zero-order valence-electron chi connectivity index (χ0n) is 11.1. The fourth-order valence-corrected chi connectivity index (χ4v) is 2.75. The molecule has 1 fully saturated rings. The van der Waals surface area contributed by atoms with E-state index in [4.69, 9.17) is 4.74 Å². The van der Waals surface area contributed by atoms with Gasteiger partial charge in [0.1, 0.15) is 18.5 Å². The summed E-state index contributed by atoms with van der Waals surface area (Å²) in [4.78, 5) is 0. The summed E-state index contributed by atoms with van der Waals surface area (Å²) in [7, 11) is 0. The highest BCUT2D eigenvalue weighted by atomic mass is 127. The van der Waals surface area contributed by atoms with Gasteiger partial charge in [-0.2, -0.15) is 0 Å². The van der Waals surface area contributed by atoms with E-state index in [0.717, 1.165) is 5.75 Å². The minimum atomic E-state index is -0.443. The third kappa shape index (κ3) is 5.67. The van der Waals surface area contributed by atoms with Crippen LogP contribution in [0.5, 0.6) is 5.75 Å². The van der Waals surface area contributed by atoms with Gasteiger partial charge in [-0.3, -0.25) is 0 Å². The average Bonchev–Trinajstić information content (AvgIpc) is 2.45. The number of aliphatic hydroxyl groups excluding tert-OH is 1. The molecule has 1 aliphatic carbocycles. The van der Waals surface area contributed by atoms with Gasteiger partial charge in [0.15, 0.2) is 0 Å². The SMILES string of the molecule is OC(CNC1CCCCC1)COc1ccc(I)cc1. The number of ether oxygens (including phenoxy) is 1. The summed E-state index contributed by atoms with van der Waals surface area (Å²) in [6.45, 7) is 0.968. The maximum absolute atomic E-state index is 9.91. The zero-order valence-corrected chi connectivity index (χ0v) is 13.3. The second-order valence-corrected chi connectivity index (χ2v) is 6.41. The van der Waals surface area contributed by atoms with E-state index in [9.17, 15) is 5.11 Å². The van der Waals surface area contributed by atoms with Crippen molar-refractivity contribution >= 4 is 22.6 Å². The smallest absolute Gasteiger partial charge is 0.119 e. The highest BCUT2D eigenvalue weighted by Crippen LogP contribution is 2.17. The molecule has 1 aromatic carbocycles. The lowest BCUT2D eigenvalue weighted by molar-refractivity contribution is 0.102. The number of aliphatic hydroxyl groups is 1. The van der Waals surface area contributed by atoms with Gasteiger partial charge in [-0.05, 0) is 59.7 Å². The fraction of sp³-hybridized carbons (Fsp3) is 0.600. The molecule has 0 aliphatic heterocycles. The molecule has 1 aromatic rings. The largest absolute Gasteiger partial charge is 0.491 e. The van der Waals surface area contributed by atoms with Gasteiger partial charge in [0.25, 0.3) is 0 Å². The molecule has 0 saturated heterocycles. The Hall–Kier alpha value is -0.330. The van der Waals surface area contributed by atoms with Crippen LogP contribution < -0.4 is 10.1 Å². The number of benzene rings is 1. The van der Waals surface area contributed by atoms with Crippen molar-refractivity contribution in [3.8, 4) is 5.75 Å². The minimum absolute atomic E-state index is 0.348. The van der Waals surface area contributed by atoms with Crippen LogP contribution >= 0.6 is 22.6 Å². The summed E-state index contributed by atoms with van der Waals surface area (Å²) < 4.78 is 6.75. The molecule has 0 spiro atoms. The lowest BCUT2D eigenvalue weighted by atomic mass is 9.95. The third-order valence-corrected chi connectivity index (χ3v) is 4.22. The van der Waals surface area contributed by atoms with E-state index in [1.165, 1.54) is 35.7 Å². The van der Waals surface area contributed by atoms with Gasteiger partial charge in [0, 0.05) is 16.2 Å². The van der Waals surface area contributed by atoms with Crippen LogP contribution in [-0.2, 0) is 0 Å². The van der Waals surface area contributed by atoms with Crippen molar-refractivity contribution in [2.24, 2.45) is 0 Å². The van der Waals surface area contributed by atoms with Gasteiger partial charge in [-0.1, -0.05) is 19.3 Å². The second kappa shape index (κ2) is 8.07. The molecule has 2 rings (SSSR count). The lowest BCUT2D eigenvalue weighted by Gasteiger charge is -2.24. The van der Waals surface area contributed by atoms with Crippen LogP contribution in [0, 0.1) is 3.57 Å².